The summed E-state index contributed by atoms with van der Waals surface area (Å²) >= 11 is 0. The monoisotopic (exact) mass is 276 g/mol. The topological polar surface area (TPSA) is 23.6 Å². The summed E-state index contributed by atoms with van der Waals surface area (Å²) in [6.07, 6.45) is 13.9. The molecular weight excluding hydrogens is 248 g/mol. The maximum Gasteiger partial charge on any atom is 0.223 e. The van der Waals surface area contributed by atoms with Gasteiger partial charge in [-0.3, -0.25) is 4.79 Å². The summed E-state index contributed by atoms with van der Waals surface area (Å²) < 4.78 is 0. The van der Waals surface area contributed by atoms with E-state index in [9.17, 15) is 4.79 Å². The van der Waals surface area contributed by atoms with E-state index in [1.54, 1.807) is 0 Å². The van der Waals surface area contributed by atoms with Gasteiger partial charge in [0.25, 0.3) is 0 Å². The third-order valence-electron chi connectivity index (χ3n) is 5.48. The molecule has 1 atom stereocenters. The van der Waals surface area contributed by atoms with E-state index in [-0.39, 0.29) is 5.54 Å². The molecule has 1 saturated heterocycles. The molecule has 3 heteroatoms. The lowest BCUT2D eigenvalue weighted by molar-refractivity contribution is -0.144. The van der Waals surface area contributed by atoms with Gasteiger partial charge in [0.15, 0.2) is 0 Å². The number of nitrogens with zero attached hydrogens (tertiary/aromatic N) is 2. The summed E-state index contributed by atoms with van der Waals surface area (Å²) in [5.74, 6) is 0.916. The van der Waals surface area contributed by atoms with Gasteiger partial charge in [-0.25, -0.2) is 0 Å². The minimum absolute atomic E-state index is 0.157. The Bertz CT molecular complexity index is 384. The van der Waals surface area contributed by atoms with Crippen molar-refractivity contribution in [1.82, 2.24) is 9.80 Å². The molecule has 0 aromatic carbocycles. The average Bonchev–Trinajstić information content (AvgIpc) is 2.92. The van der Waals surface area contributed by atoms with Crippen molar-refractivity contribution in [3.63, 3.8) is 0 Å². The van der Waals surface area contributed by atoms with Crippen LogP contribution in [-0.4, -0.2) is 47.9 Å². The second kappa shape index (κ2) is 5.88. The fourth-order valence-corrected chi connectivity index (χ4v) is 4.40. The highest BCUT2D eigenvalue weighted by atomic mass is 16.2. The molecular formula is C17H28N2O. The molecule has 3 aliphatic rings. The van der Waals surface area contributed by atoms with Gasteiger partial charge in [0, 0.05) is 26.1 Å². The Morgan fingerprint density at radius 3 is 2.75 bits per heavy atom. The molecule has 20 heavy (non-hydrogen) atoms. The van der Waals surface area contributed by atoms with E-state index in [0.717, 1.165) is 32.5 Å². The van der Waals surface area contributed by atoms with Gasteiger partial charge in [-0.15, -0.1) is 0 Å². The van der Waals surface area contributed by atoms with Crippen molar-refractivity contribution in [2.24, 2.45) is 5.92 Å². The van der Waals surface area contributed by atoms with Crippen LogP contribution in [0.2, 0.25) is 0 Å². The summed E-state index contributed by atoms with van der Waals surface area (Å²) in [4.78, 5) is 17.5. The molecule has 0 bridgehead atoms. The number of hydrogen-bond acceptors (Lipinski definition) is 2. The largest absolute Gasteiger partial charge is 0.334 e. The smallest absolute Gasteiger partial charge is 0.223 e. The van der Waals surface area contributed by atoms with E-state index >= 15 is 0 Å². The summed E-state index contributed by atoms with van der Waals surface area (Å²) in [5.41, 5.74) is 0.157. The predicted molar refractivity (Wildman–Crippen MR) is 81.5 cm³/mol. The highest BCUT2D eigenvalue weighted by Crippen LogP contribution is 2.37. The van der Waals surface area contributed by atoms with Crippen LogP contribution in [0.1, 0.15) is 51.4 Å². The van der Waals surface area contributed by atoms with E-state index in [2.05, 4.69) is 29.0 Å². The molecule has 112 valence electrons. The van der Waals surface area contributed by atoms with E-state index < -0.39 is 0 Å². The highest BCUT2D eigenvalue weighted by molar-refractivity contribution is 5.78. The molecule has 1 spiro atoms. The Labute approximate surface area is 123 Å². The second-order valence-electron chi connectivity index (χ2n) is 7.04. The Kier molecular flexibility index (Phi) is 4.16. The van der Waals surface area contributed by atoms with Crippen molar-refractivity contribution >= 4 is 5.91 Å². The van der Waals surface area contributed by atoms with Gasteiger partial charge in [-0.1, -0.05) is 31.4 Å². The van der Waals surface area contributed by atoms with Crippen molar-refractivity contribution < 1.29 is 4.79 Å². The second-order valence-corrected chi connectivity index (χ2v) is 7.04. The first-order valence-corrected chi connectivity index (χ1v) is 8.35. The molecule has 2 aliphatic carbocycles. The number of allylic oxidation sites excluding steroid dienone is 2. The number of carbonyl (C=O) groups is 1. The minimum atomic E-state index is 0.157. The zero-order valence-corrected chi connectivity index (χ0v) is 12.8. The fraction of sp³-hybridized carbons (Fsp3) is 0.824. The number of hydrogen-bond donors (Lipinski definition) is 0. The third-order valence-corrected chi connectivity index (χ3v) is 5.48. The summed E-state index contributed by atoms with van der Waals surface area (Å²) in [7, 11) is 2.21. The molecule has 0 unspecified atom stereocenters. The number of amides is 1. The van der Waals surface area contributed by atoms with E-state index in [1.165, 1.54) is 38.5 Å². The van der Waals surface area contributed by atoms with Crippen LogP contribution in [-0.2, 0) is 4.79 Å². The normalized spacial score (nSPS) is 30.1. The maximum atomic E-state index is 12.8. The molecule has 0 aromatic heterocycles. The Balaban J connectivity index is 1.71. The molecule has 1 saturated carbocycles. The lowest BCUT2D eigenvalue weighted by Gasteiger charge is -2.52. The van der Waals surface area contributed by atoms with Gasteiger partial charge in [0.2, 0.25) is 5.91 Å². The van der Waals surface area contributed by atoms with Crippen molar-refractivity contribution in [3.8, 4) is 0 Å². The van der Waals surface area contributed by atoms with Crippen LogP contribution >= 0.6 is 0 Å². The third kappa shape index (κ3) is 2.78. The Morgan fingerprint density at radius 2 is 2.05 bits per heavy atom. The van der Waals surface area contributed by atoms with E-state index in [1.807, 2.05) is 0 Å². The fourth-order valence-electron chi connectivity index (χ4n) is 4.40. The van der Waals surface area contributed by atoms with Crippen molar-refractivity contribution in [2.45, 2.75) is 56.9 Å². The lowest BCUT2D eigenvalue weighted by Crippen LogP contribution is -2.63. The maximum absolute atomic E-state index is 12.8. The van der Waals surface area contributed by atoms with Crippen molar-refractivity contribution in [3.05, 3.63) is 12.2 Å². The quantitative estimate of drug-likeness (QED) is 0.724. The molecule has 0 N–H and O–H groups in total. The van der Waals surface area contributed by atoms with Crippen LogP contribution < -0.4 is 0 Å². The SMILES string of the molecule is CN1CCN(C(=O)C[C@@H]2C=CCC2)C2(CCCCC2)C1. The zero-order valence-electron chi connectivity index (χ0n) is 12.8. The van der Waals surface area contributed by atoms with Crippen LogP contribution in [0.5, 0.6) is 0 Å². The van der Waals surface area contributed by atoms with Gasteiger partial charge < -0.3 is 9.80 Å². The van der Waals surface area contributed by atoms with Crippen molar-refractivity contribution in [1.29, 1.82) is 0 Å². The van der Waals surface area contributed by atoms with E-state index in [0.29, 0.717) is 11.8 Å². The minimum Gasteiger partial charge on any atom is -0.334 e. The highest BCUT2D eigenvalue weighted by Gasteiger charge is 2.43. The standard InChI is InChI=1S/C17H28N2O/c1-18-11-12-19(16(20)13-15-7-3-4-8-15)17(14-18)9-5-2-6-10-17/h3,7,15H,2,4-6,8-14H2,1H3/t15-/m1/s1. The molecule has 1 heterocycles. The van der Waals surface area contributed by atoms with Gasteiger partial charge in [-0.2, -0.15) is 0 Å². The molecule has 0 radical (unpaired) electrons. The number of carbonyl (C=O) groups excluding carboxylic acids is 1. The summed E-state index contributed by atoms with van der Waals surface area (Å²) in [5, 5.41) is 0. The molecule has 1 amide bonds. The zero-order chi connectivity index (χ0) is 14.0. The summed E-state index contributed by atoms with van der Waals surface area (Å²) in [6.45, 7) is 3.05. The van der Waals surface area contributed by atoms with Gasteiger partial charge in [-0.05, 0) is 38.6 Å². The van der Waals surface area contributed by atoms with Crippen LogP contribution in [0.15, 0.2) is 12.2 Å². The van der Waals surface area contributed by atoms with Crippen LogP contribution in [0.25, 0.3) is 0 Å². The number of rotatable bonds is 2. The first-order valence-electron chi connectivity index (χ1n) is 8.35. The number of piperazine rings is 1. The molecule has 2 fully saturated rings. The molecule has 3 rings (SSSR count). The first-order chi connectivity index (χ1) is 9.70. The Hall–Kier alpha value is -0.830. The van der Waals surface area contributed by atoms with Crippen LogP contribution in [0.3, 0.4) is 0 Å². The average molecular weight is 276 g/mol. The van der Waals surface area contributed by atoms with Crippen LogP contribution in [0, 0.1) is 5.92 Å². The molecule has 0 aromatic rings. The molecule has 3 nitrogen and oxygen atoms in total. The molecule has 1 aliphatic heterocycles. The predicted octanol–water partition coefficient (Wildman–Crippen LogP) is 2.82. The van der Waals surface area contributed by atoms with Gasteiger partial charge in [0.1, 0.15) is 0 Å². The van der Waals surface area contributed by atoms with Crippen LogP contribution in [0.4, 0.5) is 0 Å². The summed E-state index contributed by atoms with van der Waals surface area (Å²) in [6, 6.07) is 0. The van der Waals surface area contributed by atoms with E-state index in [4.69, 9.17) is 0 Å². The van der Waals surface area contributed by atoms with Crippen molar-refractivity contribution in [2.75, 3.05) is 26.7 Å². The van der Waals surface area contributed by atoms with Gasteiger partial charge >= 0.3 is 0 Å². The first kappa shape index (κ1) is 14.1. The lowest BCUT2D eigenvalue weighted by atomic mass is 9.78. The van der Waals surface area contributed by atoms with Gasteiger partial charge in [0.05, 0.1) is 5.54 Å². The number of likely N-dealkylation sites (N-methyl/N-ethyl adjacent to an activating group) is 1. The Morgan fingerprint density at radius 1 is 1.25 bits per heavy atom.